The molecule has 0 aliphatic heterocycles. The molecule has 1 rings (SSSR count). The summed E-state index contributed by atoms with van der Waals surface area (Å²) in [6.45, 7) is 11.1. The number of nitrogens with zero attached hydrogens (tertiary/aromatic N) is 2. The first-order chi connectivity index (χ1) is 8.61. The lowest BCUT2D eigenvalue weighted by molar-refractivity contribution is 0.656. The first-order valence-corrected chi connectivity index (χ1v) is 7.37. The molecule has 1 aromatic heterocycles. The molecule has 0 saturated heterocycles. The van der Waals surface area contributed by atoms with Crippen LogP contribution < -0.4 is 10.6 Å². The van der Waals surface area contributed by atoms with Gasteiger partial charge in [0.05, 0.1) is 5.01 Å². The van der Waals surface area contributed by atoms with Crippen LogP contribution in [0, 0.1) is 12.8 Å². The predicted molar refractivity (Wildman–Crippen MR) is 94.8 cm³/mol. The van der Waals surface area contributed by atoms with Gasteiger partial charge in [-0.1, -0.05) is 13.8 Å². The fraction of sp³-hybridized carbons (Fsp3) is 0.692. The van der Waals surface area contributed by atoms with Crippen LogP contribution in [0.5, 0.6) is 0 Å². The molecule has 0 fully saturated rings. The second-order valence-corrected chi connectivity index (χ2v) is 5.97. The Morgan fingerprint density at radius 1 is 1.42 bits per heavy atom. The van der Waals surface area contributed by atoms with E-state index in [9.17, 15) is 0 Å². The number of hydrogen-bond acceptors (Lipinski definition) is 3. The Labute approximate surface area is 137 Å². The normalized spacial score (nSPS) is 11.3. The number of aromatic nitrogens is 1. The van der Waals surface area contributed by atoms with Crippen molar-refractivity contribution in [3.8, 4) is 0 Å². The van der Waals surface area contributed by atoms with Crippen molar-refractivity contribution in [3.05, 3.63) is 16.1 Å². The number of nitrogens with one attached hydrogen (secondary N) is 2. The van der Waals surface area contributed by atoms with Crippen molar-refractivity contribution in [2.45, 2.75) is 34.1 Å². The van der Waals surface area contributed by atoms with Crippen LogP contribution in [0.3, 0.4) is 0 Å². The van der Waals surface area contributed by atoms with Crippen LogP contribution in [-0.4, -0.2) is 30.6 Å². The molecule has 0 aliphatic rings. The van der Waals surface area contributed by atoms with E-state index in [0.717, 1.165) is 32.0 Å². The third-order valence-corrected chi connectivity index (χ3v) is 3.23. The van der Waals surface area contributed by atoms with Gasteiger partial charge in [-0.3, -0.25) is 4.99 Å². The Bertz CT molecular complexity index is 376. The van der Waals surface area contributed by atoms with E-state index in [-0.39, 0.29) is 24.0 Å². The number of thiazole rings is 1. The molecule has 1 heterocycles. The molecular formula is C13H25IN4S. The monoisotopic (exact) mass is 396 g/mol. The molecule has 1 aromatic rings. The summed E-state index contributed by atoms with van der Waals surface area (Å²) in [4.78, 5) is 10.1. The minimum atomic E-state index is 0. The van der Waals surface area contributed by atoms with E-state index in [1.165, 1.54) is 9.88 Å². The van der Waals surface area contributed by atoms with Gasteiger partial charge in [0.1, 0.15) is 0 Å². The largest absolute Gasteiger partial charge is 0.357 e. The SMILES string of the molecule is CCNC(=NCC(C)C)NCCc1ncc(C)s1.I. The molecule has 0 amide bonds. The highest BCUT2D eigenvalue weighted by Crippen LogP contribution is 2.10. The zero-order valence-corrected chi connectivity index (χ0v) is 15.3. The quantitative estimate of drug-likeness (QED) is 0.442. The average Bonchev–Trinajstić information content (AvgIpc) is 2.72. The Balaban J connectivity index is 0.00000324. The Hall–Kier alpha value is -0.370. The van der Waals surface area contributed by atoms with E-state index in [1.54, 1.807) is 11.3 Å². The molecule has 2 N–H and O–H groups in total. The number of hydrogen-bond donors (Lipinski definition) is 2. The minimum Gasteiger partial charge on any atom is -0.357 e. The smallest absolute Gasteiger partial charge is 0.191 e. The third kappa shape index (κ3) is 8.41. The van der Waals surface area contributed by atoms with E-state index in [4.69, 9.17) is 0 Å². The maximum Gasteiger partial charge on any atom is 0.191 e. The summed E-state index contributed by atoms with van der Waals surface area (Å²) in [6, 6.07) is 0. The Morgan fingerprint density at radius 2 is 2.16 bits per heavy atom. The van der Waals surface area contributed by atoms with Crippen molar-refractivity contribution in [1.29, 1.82) is 0 Å². The molecule has 0 aromatic carbocycles. The van der Waals surface area contributed by atoms with Crippen molar-refractivity contribution < 1.29 is 0 Å². The van der Waals surface area contributed by atoms with Crippen LogP contribution in [0.2, 0.25) is 0 Å². The van der Waals surface area contributed by atoms with Crippen molar-refractivity contribution in [1.82, 2.24) is 15.6 Å². The topological polar surface area (TPSA) is 49.3 Å². The summed E-state index contributed by atoms with van der Waals surface area (Å²) in [6.07, 6.45) is 2.88. The molecule has 0 bridgehead atoms. The number of halogens is 1. The Morgan fingerprint density at radius 3 is 2.68 bits per heavy atom. The molecule has 0 radical (unpaired) electrons. The van der Waals surface area contributed by atoms with Gasteiger partial charge in [-0.05, 0) is 19.8 Å². The zero-order chi connectivity index (χ0) is 13.4. The van der Waals surface area contributed by atoms with Crippen LogP contribution in [0.25, 0.3) is 0 Å². The van der Waals surface area contributed by atoms with E-state index in [2.05, 4.69) is 48.3 Å². The molecule has 4 nitrogen and oxygen atoms in total. The highest BCUT2D eigenvalue weighted by Gasteiger charge is 2.01. The maximum absolute atomic E-state index is 4.53. The number of aryl methyl sites for hydroxylation is 1. The average molecular weight is 396 g/mol. The fourth-order valence-electron chi connectivity index (χ4n) is 1.42. The fourth-order valence-corrected chi connectivity index (χ4v) is 2.21. The van der Waals surface area contributed by atoms with Gasteiger partial charge in [0, 0.05) is 37.1 Å². The zero-order valence-electron chi connectivity index (χ0n) is 12.2. The molecule has 0 atom stereocenters. The van der Waals surface area contributed by atoms with Gasteiger partial charge in [-0.25, -0.2) is 4.98 Å². The van der Waals surface area contributed by atoms with Gasteiger partial charge < -0.3 is 10.6 Å². The van der Waals surface area contributed by atoms with E-state index in [0.29, 0.717) is 5.92 Å². The molecule has 0 aliphatic carbocycles. The van der Waals surface area contributed by atoms with Gasteiger partial charge >= 0.3 is 0 Å². The first kappa shape index (κ1) is 18.6. The van der Waals surface area contributed by atoms with E-state index < -0.39 is 0 Å². The van der Waals surface area contributed by atoms with E-state index in [1.807, 2.05) is 6.20 Å². The highest BCUT2D eigenvalue weighted by molar-refractivity contribution is 14.0. The lowest BCUT2D eigenvalue weighted by atomic mass is 10.2. The Kier molecular flexibility index (Phi) is 10.2. The van der Waals surface area contributed by atoms with Crippen LogP contribution in [-0.2, 0) is 6.42 Å². The lowest BCUT2D eigenvalue weighted by Crippen LogP contribution is -2.38. The molecule has 0 spiro atoms. The van der Waals surface area contributed by atoms with Crippen molar-refractivity contribution in [3.63, 3.8) is 0 Å². The standard InChI is InChI=1S/C13H24N4S.HI/c1-5-14-13(17-8-10(2)3)15-7-6-12-16-9-11(4)18-12;/h9-10H,5-8H2,1-4H3,(H2,14,15,17);1H. The summed E-state index contributed by atoms with van der Waals surface area (Å²) in [5.74, 6) is 1.49. The van der Waals surface area contributed by atoms with Crippen LogP contribution in [0.15, 0.2) is 11.2 Å². The second kappa shape index (κ2) is 10.4. The van der Waals surface area contributed by atoms with Crippen molar-refractivity contribution >= 4 is 41.3 Å². The molecule has 6 heteroatoms. The maximum atomic E-state index is 4.53. The molecule has 0 saturated carbocycles. The number of rotatable bonds is 6. The van der Waals surface area contributed by atoms with Crippen LogP contribution in [0.4, 0.5) is 0 Å². The summed E-state index contributed by atoms with van der Waals surface area (Å²) in [5, 5.41) is 7.77. The van der Waals surface area contributed by atoms with Crippen LogP contribution in [0.1, 0.15) is 30.7 Å². The second-order valence-electron chi connectivity index (χ2n) is 4.65. The molecule has 110 valence electrons. The summed E-state index contributed by atoms with van der Waals surface area (Å²) < 4.78 is 0. The lowest BCUT2D eigenvalue weighted by Gasteiger charge is -2.11. The molecular weight excluding hydrogens is 371 g/mol. The highest BCUT2D eigenvalue weighted by atomic mass is 127. The van der Waals surface area contributed by atoms with Gasteiger partial charge in [-0.15, -0.1) is 35.3 Å². The number of guanidine groups is 1. The van der Waals surface area contributed by atoms with Gasteiger partial charge in [0.25, 0.3) is 0 Å². The van der Waals surface area contributed by atoms with Gasteiger partial charge in [-0.2, -0.15) is 0 Å². The first-order valence-electron chi connectivity index (χ1n) is 6.55. The third-order valence-electron chi connectivity index (χ3n) is 2.26. The van der Waals surface area contributed by atoms with Gasteiger partial charge in [0.15, 0.2) is 5.96 Å². The van der Waals surface area contributed by atoms with Gasteiger partial charge in [0.2, 0.25) is 0 Å². The number of aliphatic imine (C=N–C) groups is 1. The summed E-state index contributed by atoms with van der Waals surface area (Å²) >= 11 is 1.76. The molecule has 0 unspecified atom stereocenters. The summed E-state index contributed by atoms with van der Waals surface area (Å²) in [5.41, 5.74) is 0. The minimum absolute atomic E-state index is 0. The predicted octanol–water partition coefficient (Wildman–Crippen LogP) is 2.82. The molecule has 19 heavy (non-hydrogen) atoms. The summed E-state index contributed by atoms with van der Waals surface area (Å²) in [7, 11) is 0. The van der Waals surface area contributed by atoms with E-state index >= 15 is 0 Å². The van der Waals surface area contributed by atoms with Crippen molar-refractivity contribution in [2.24, 2.45) is 10.9 Å². The van der Waals surface area contributed by atoms with Crippen molar-refractivity contribution in [2.75, 3.05) is 19.6 Å². The van der Waals surface area contributed by atoms with Crippen LogP contribution >= 0.6 is 35.3 Å².